The molecule has 1 aliphatic rings. The zero-order valence-electron chi connectivity index (χ0n) is 18.0. The van der Waals surface area contributed by atoms with Gasteiger partial charge >= 0.3 is 0 Å². The molecule has 9 heteroatoms. The van der Waals surface area contributed by atoms with Crippen LogP contribution in [0.25, 0.3) is 0 Å². The van der Waals surface area contributed by atoms with Crippen LogP contribution in [-0.2, 0) is 18.4 Å². The lowest BCUT2D eigenvalue weighted by molar-refractivity contribution is -0.130. The monoisotopic (exact) mass is 392 g/mol. The van der Waals surface area contributed by atoms with Gasteiger partial charge in [0.25, 0.3) is 0 Å². The van der Waals surface area contributed by atoms with Crippen LogP contribution in [0.4, 0.5) is 0 Å². The van der Waals surface area contributed by atoms with Crippen LogP contribution in [0.1, 0.15) is 44.3 Å². The zero-order valence-corrected chi connectivity index (χ0v) is 18.0. The van der Waals surface area contributed by atoms with Gasteiger partial charge in [-0.2, -0.15) is 0 Å². The van der Waals surface area contributed by atoms with Crippen molar-refractivity contribution < 1.29 is 4.79 Å². The number of nitrogens with one attached hydrogen (secondary N) is 2. The van der Waals surface area contributed by atoms with Crippen LogP contribution in [0.5, 0.6) is 0 Å². The van der Waals surface area contributed by atoms with Crippen molar-refractivity contribution >= 4 is 11.9 Å². The predicted octanol–water partition coefficient (Wildman–Crippen LogP) is 0.511. The van der Waals surface area contributed by atoms with Crippen molar-refractivity contribution in [3.8, 4) is 0 Å². The largest absolute Gasteiger partial charge is 0.356 e. The first kappa shape index (κ1) is 22.1. The van der Waals surface area contributed by atoms with E-state index in [9.17, 15) is 4.79 Å². The summed E-state index contributed by atoms with van der Waals surface area (Å²) in [5.41, 5.74) is 0. The van der Waals surface area contributed by atoms with E-state index in [2.05, 4.69) is 32.7 Å². The number of aryl methyl sites for hydroxylation is 1. The van der Waals surface area contributed by atoms with E-state index in [4.69, 9.17) is 4.99 Å². The molecule has 1 aromatic rings. The number of likely N-dealkylation sites (tertiary alicyclic amines) is 1. The molecule has 2 rings (SSSR count). The Kier molecular flexibility index (Phi) is 8.69. The maximum absolute atomic E-state index is 11.9. The van der Waals surface area contributed by atoms with Crippen LogP contribution in [0, 0.1) is 6.92 Å². The molecule has 1 saturated heterocycles. The van der Waals surface area contributed by atoms with Crippen LogP contribution in [-0.4, -0.2) is 82.7 Å². The Labute approximate surface area is 168 Å². The first-order chi connectivity index (χ1) is 13.4. The van der Waals surface area contributed by atoms with Gasteiger partial charge in [0.2, 0.25) is 5.91 Å². The average Bonchev–Trinajstić information content (AvgIpc) is 2.99. The zero-order chi connectivity index (χ0) is 20.5. The van der Waals surface area contributed by atoms with Crippen LogP contribution in [0.3, 0.4) is 0 Å². The second kappa shape index (κ2) is 11.0. The number of likely N-dealkylation sites (N-methyl/N-ethyl adjacent to an activating group) is 1. The molecular weight excluding hydrogens is 356 g/mol. The third-order valence-corrected chi connectivity index (χ3v) is 5.17. The highest BCUT2D eigenvalue weighted by Gasteiger charge is 2.22. The number of nitrogens with zero attached hydrogens (tertiary/aromatic N) is 6. The first-order valence-electron chi connectivity index (χ1n) is 10.2. The third kappa shape index (κ3) is 6.78. The van der Waals surface area contributed by atoms with Gasteiger partial charge in [-0.15, -0.1) is 10.2 Å². The van der Waals surface area contributed by atoms with Crippen molar-refractivity contribution in [3.63, 3.8) is 0 Å². The minimum absolute atomic E-state index is 0.161. The van der Waals surface area contributed by atoms with Crippen molar-refractivity contribution in [1.29, 1.82) is 0 Å². The Bertz CT molecular complexity index is 646. The van der Waals surface area contributed by atoms with Crippen LogP contribution in [0.2, 0.25) is 0 Å². The normalized spacial score (nSPS) is 16.2. The summed E-state index contributed by atoms with van der Waals surface area (Å²) in [6, 6.07) is 0.361. The predicted molar refractivity (Wildman–Crippen MR) is 111 cm³/mol. The lowest BCUT2D eigenvalue weighted by Gasteiger charge is -2.33. The fraction of sp³-hybridized carbons (Fsp3) is 0.789. The van der Waals surface area contributed by atoms with Crippen molar-refractivity contribution in [2.24, 2.45) is 12.0 Å². The van der Waals surface area contributed by atoms with E-state index >= 15 is 0 Å². The fourth-order valence-electron chi connectivity index (χ4n) is 3.04. The van der Waals surface area contributed by atoms with E-state index in [1.807, 2.05) is 18.5 Å². The number of aliphatic imine (C=N–C) groups is 1. The average molecular weight is 393 g/mol. The molecule has 9 nitrogen and oxygen atoms in total. The Balaban J connectivity index is 1.89. The van der Waals surface area contributed by atoms with Gasteiger partial charge in [-0.3, -0.25) is 9.69 Å². The summed E-state index contributed by atoms with van der Waals surface area (Å²) >= 11 is 0. The smallest absolute Gasteiger partial charge is 0.236 e. The minimum Gasteiger partial charge on any atom is -0.356 e. The number of rotatable bonds is 8. The molecule has 158 valence electrons. The molecular formula is C19H36N8O. The van der Waals surface area contributed by atoms with Crippen LogP contribution in [0.15, 0.2) is 4.99 Å². The molecule has 0 saturated carbocycles. The Morgan fingerprint density at radius 2 is 2.00 bits per heavy atom. The van der Waals surface area contributed by atoms with E-state index in [1.54, 1.807) is 19.0 Å². The number of hydrogen-bond acceptors (Lipinski definition) is 5. The summed E-state index contributed by atoms with van der Waals surface area (Å²) in [5.74, 6) is 2.73. The lowest BCUT2D eigenvalue weighted by Crippen LogP contribution is -2.50. The van der Waals surface area contributed by atoms with Gasteiger partial charge in [0.05, 0.1) is 6.54 Å². The van der Waals surface area contributed by atoms with Crippen molar-refractivity contribution in [3.05, 3.63) is 11.6 Å². The number of amides is 1. The lowest BCUT2D eigenvalue weighted by atomic mass is 10.1. The molecule has 1 aromatic heterocycles. The minimum atomic E-state index is 0.161. The van der Waals surface area contributed by atoms with E-state index in [1.165, 1.54) is 0 Å². The SMILES string of the molecule is CCCCNC(=NCc1nnc(C)n1C)NC1CCN(CC(=O)N(C)C)CC1. The standard InChI is InChI=1S/C19H36N8O/c1-6-7-10-20-19(21-13-17-24-23-15(2)26(17)5)22-16-8-11-27(12-9-16)14-18(28)25(3)4/h16H,6-14H2,1-5H3,(H2,20,21,22). The maximum Gasteiger partial charge on any atom is 0.236 e. The van der Waals surface area contributed by atoms with E-state index < -0.39 is 0 Å². The molecule has 0 spiro atoms. The van der Waals surface area contributed by atoms with Gasteiger partial charge in [-0.05, 0) is 26.2 Å². The number of carbonyl (C=O) groups is 1. The van der Waals surface area contributed by atoms with E-state index in [0.717, 1.165) is 62.9 Å². The van der Waals surface area contributed by atoms with Crippen molar-refractivity contribution in [2.75, 3.05) is 40.3 Å². The molecule has 0 bridgehead atoms. The Hall–Kier alpha value is -2.16. The van der Waals surface area contributed by atoms with E-state index in [0.29, 0.717) is 19.1 Å². The molecule has 0 radical (unpaired) electrons. The number of aromatic nitrogens is 3. The quantitative estimate of drug-likeness (QED) is 0.381. The highest BCUT2D eigenvalue weighted by molar-refractivity contribution is 5.80. The number of guanidine groups is 1. The second-order valence-electron chi connectivity index (χ2n) is 7.65. The highest BCUT2D eigenvalue weighted by Crippen LogP contribution is 2.10. The molecule has 1 amide bonds. The molecule has 1 aliphatic heterocycles. The molecule has 0 aromatic carbocycles. The third-order valence-electron chi connectivity index (χ3n) is 5.17. The molecule has 2 N–H and O–H groups in total. The van der Waals surface area contributed by atoms with Crippen LogP contribution >= 0.6 is 0 Å². The van der Waals surface area contributed by atoms with Gasteiger partial charge in [0, 0.05) is 46.8 Å². The van der Waals surface area contributed by atoms with Gasteiger partial charge in [-0.25, -0.2) is 4.99 Å². The number of unbranched alkanes of at least 4 members (excludes halogenated alkanes) is 1. The fourth-order valence-corrected chi connectivity index (χ4v) is 3.04. The molecule has 0 aliphatic carbocycles. The molecule has 1 fully saturated rings. The summed E-state index contributed by atoms with van der Waals surface area (Å²) in [6.07, 6.45) is 4.24. The van der Waals surface area contributed by atoms with Crippen molar-refractivity contribution in [2.45, 2.75) is 52.1 Å². The molecule has 0 unspecified atom stereocenters. The van der Waals surface area contributed by atoms with Crippen LogP contribution < -0.4 is 10.6 Å². The number of piperidine rings is 1. The molecule has 28 heavy (non-hydrogen) atoms. The Morgan fingerprint density at radius 1 is 1.29 bits per heavy atom. The summed E-state index contributed by atoms with van der Waals surface area (Å²) in [4.78, 5) is 20.5. The molecule has 2 heterocycles. The van der Waals surface area contributed by atoms with Gasteiger partial charge in [-0.1, -0.05) is 13.3 Å². The Morgan fingerprint density at radius 3 is 2.57 bits per heavy atom. The molecule has 0 atom stereocenters. The van der Waals surface area contributed by atoms with Crippen molar-refractivity contribution in [1.82, 2.24) is 35.2 Å². The summed E-state index contributed by atoms with van der Waals surface area (Å²) in [6.45, 7) is 7.85. The highest BCUT2D eigenvalue weighted by atomic mass is 16.2. The number of hydrogen-bond donors (Lipinski definition) is 2. The summed E-state index contributed by atoms with van der Waals surface area (Å²) < 4.78 is 1.97. The first-order valence-corrected chi connectivity index (χ1v) is 10.2. The topological polar surface area (TPSA) is 90.7 Å². The summed E-state index contributed by atoms with van der Waals surface area (Å²) in [5, 5.41) is 15.3. The van der Waals surface area contributed by atoms with Gasteiger partial charge in [0.15, 0.2) is 11.8 Å². The van der Waals surface area contributed by atoms with Gasteiger partial charge in [0.1, 0.15) is 12.4 Å². The second-order valence-corrected chi connectivity index (χ2v) is 7.65. The maximum atomic E-state index is 11.9. The van der Waals surface area contributed by atoms with Gasteiger partial charge < -0.3 is 20.1 Å². The number of carbonyl (C=O) groups excluding carboxylic acids is 1. The van der Waals surface area contributed by atoms with E-state index in [-0.39, 0.29) is 5.91 Å². The summed E-state index contributed by atoms with van der Waals surface area (Å²) in [7, 11) is 5.57.